The summed E-state index contributed by atoms with van der Waals surface area (Å²) in [5.41, 5.74) is 2.14. The molecular weight excluding hydrogens is 214 g/mol. The van der Waals surface area contributed by atoms with Crippen LogP contribution in [0.15, 0.2) is 18.2 Å². The lowest BCUT2D eigenvalue weighted by atomic mass is 9.95. The summed E-state index contributed by atoms with van der Waals surface area (Å²) in [5.74, 6) is 0.843. The van der Waals surface area contributed by atoms with Gasteiger partial charge in [0.15, 0.2) is 0 Å². The molecule has 0 radical (unpaired) electrons. The third-order valence-corrected chi connectivity index (χ3v) is 2.86. The van der Waals surface area contributed by atoms with Crippen LogP contribution in [-0.4, -0.2) is 25.4 Å². The summed E-state index contributed by atoms with van der Waals surface area (Å²) in [6.07, 6.45) is 1.00. The van der Waals surface area contributed by atoms with Crippen LogP contribution in [0.3, 0.4) is 0 Å². The number of aliphatic hydroxyl groups excluding tert-OH is 1. The van der Waals surface area contributed by atoms with Crippen LogP contribution in [0.1, 0.15) is 26.3 Å². The number of hydrogen-bond acceptors (Lipinski definition) is 3. The van der Waals surface area contributed by atoms with Crippen molar-refractivity contribution in [3.05, 3.63) is 23.8 Å². The van der Waals surface area contributed by atoms with Crippen LogP contribution in [0.4, 0.5) is 5.69 Å². The molecule has 2 N–H and O–H groups in total. The van der Waals surface area contributed by atoms with E-state index in [9.17, 15) is 5.11 Å². The van der Waals surface area contributed by atoms with Gasteiger partial charge < -0.3 is 15.2 Å². The van der Waals surface area contributed by atoms with Crippen molar-refractivity contribution in [2.24, 2.45) is 5.41 Å². The van der Waals surface area contributed by atoms with E-state index in [4.69, 9.17) is 4.74 Å². The average molecular weight is 237 g/mol. The zero-order valence-corrected chi connectivity index (χ0v) is 11.2. The highest BCUT2D eigenvalue weighted by atomic mass is 16.5. The van der Waals surface area contributed by atoms with Crippen LogP contribution in [-0.2, 0) is 6.42 Å². The predicted octanol–water partition coefficient (Wildman–Crippen LogP) is 2.69. The fraction of sp³-hybridized carbons (Fsp3) is 0.571. The number of nitrogens with one attached hydrogen (secondary N) is 1. The molecule has 3 nitrogen and oxygen atoms in total. The van der Waals surface area contributed by atoms with Gasteiger partial charge in [0.25, 0.3) is 0 Å². The predicted molar refractivity (Wildman–Crippen MR) is 71.7 cm³/mol. The highest BCUT2D eigenvalue weighted by Crippen LogP contribution is 2.27. The summed E-state index contributed by atoms with van der Waals surface area (Å²) >= 11 is 0. The lowest BCUT2D eigenvalue weighted by Crippen LogP contribution is -2.26. The lowest BCUT2D eigenvalue weighted by molar-refractivity contribution is 0.170. The number of benzene rings is 1. The fourth-order valence-corrected chi connectivity index (χ4v) is 1.50. The number of methoxy groups -OCH3 is 1. The van der Waals surface area contributed by atoms with Gasteiger partial charge in [-0.2, -0.15) is 0 Å². The summed E-state index contributed by atoms with van der Waals surface area (Å²) in [4.78, 5) is 0. The fourth-order valence-electron chi connectivity index (χ4n) is 1.50. The average Bonchev–Trinajstić information content (AvgIpc) is 2.36. The van der Waals surface area contributed by atoms with E-state index < -0.39 is 0 Å². The van der Waals surface area contributed by atoms with E-state index in [2.05, 4.69) is 24.4 Å². The van der Waals surface area contributed by atoms with Gasteiger partial charge in [0.05, 0.1) is 12.8 Å². The maximum Gasteiger partial charge on any atom is 0.141 e. The standard InChI is InChI=1S/C14H23NO2/c1-5-11-6-7-13(17-4)12(8-11)15-9-14(2,3)10-16/h6-8,15-16H,5,9-10H2,1-4H3. The Hall–Kier alpha value is -1.22. The Balaban J connectivity index is 2.81. The van der Waals surface area contributed by atoms with Crippen LogP contribution in [0.5, 0.6) is 5.75 Å². The Kier molecular flexibility index (Phi) is 4.82. The summed E-state index contributed by atoms with van der Waals surface area (Å²) in [6.45, 7) is 7.05. The molecule has 0 atom stereocenters. The van der Waals surface area contributed by atoms with E-state index in [0.717, 1.165) is 17.9 Å². The maximum atomic E-state index is 9.23. The van der Waals surface area contributed by atoms with E-state index in [1.807, 2.05) is 19.9 Å². The number of aryl methyl sites for hydroxylation is 1. The third kappa shape index (κ3) is 3.93. The van der Waals surface area contributed by atoms with Crippen LogP contribution >= 0.6 is 0 Å². The van der Waals surface area contributed by atoms with Crippen molar-refractivity contribution < 1.29 is 9.84 Å². The molecule has 1 aromatic rings. The second kappa shape index (κ2) is 5.92. The number of aliphatic hydroxyl groups is 1. The molecule has 0 aromatic heterocycles. The van der Waals surface area contributed by atoms with Gasteiger partial charge in [-0.25, -0.2) is 0 Å². The first-order valence-electron chi connectivity index (χ1n) is 6.04. The van der Waals surface area contributed by atoms with E-state index in [1.54, 1.807) is 7.11 Å². The molecule has 0 amide bonds. The van der Waals surface area contributed by atoms with Gasteiger partial charge in [0.2, 0.25) is 0 Å². The topological polar surface area (TPSA) is 41.5 Å². The van der Waals surface area contributed by atoms with Crippen LogP contribution in [0.2, 0.25) is 0 Å². The third-order valence-electron chi connectivity index (χ3n) is 2.86. The molecule has 0 saturated heterocycles. The van der Waals surface area contributed by atoms with E-state index in [1.165, 1.54) is 5.56 Å². The molecule has 0 heterocycles. The Morgan fingerprint density at radius 1 is 1.35 bits per heavy atom. The van der Waals surface area contributed by atoms with Crippen molar-refractivity contribution in [1.29, 1.82) is 0 Å². The van der Waals surface area contributed by atoms with Gasteiger partial charge >= 0.3 is 0 Å². The van der Waals surface area contributed by atoms with Crippen molar-refractivity contribution in [3.8, 4) is 5.75 Å². The minimum absolute atomic E-state index is 0.132. The highest BCUT2D eigenvalue weighted by molar-refractivity contribution is 5.58. The molecule has 0 spiro atoms. The molecule has 1 aromatic carbocycles. The highest BCUT2D eigenvalue weighted by Gasteiger charge is 2.16. The van der Waals surface area contributed by atoms with Crippen molar-refractivity contribution >= 4 is 5.69 Å². The van der Waals surface area contributed by atoms with Crippen LogP contribution in [0.25, 0.3) is 0 Å². The quantitative estimate of drug-likeness (QED) is 0.799. The first kappa shape index (κ1) is 13.8. The van der Waals surface area contributed by atoms with Crippen LogP contribution < -0.4 is 10.1 Å². The zero-order valence-electron chi connectivity index (χ0n) is 11.2. The first-order chi connectivity index (χ1) is 8.02. The van der Waals surface area contributed by atoms with Crippen LogP contribution in [0, 0.1) is 5.41 Å². The SMILES string of the molecule is CCc1ccc(OC)c(NCC(C)(C)CO)c1. The van der Waals surface area contributed by atoms with E-state index in [-0.39, 0.29) is 12.0 Å². The van der Waals surface area contributed by atoms with E-state index >= 15 is 0 Å². The van der Waals surface area contributed by atoms with Gasteiger partial charge in [-0.15, -0.1) is 0 Å². The normalized spacial score (nSPS) is 11.4. The summed E-state index contributed by atoms with van der Waals surface area (Å²) in [7, 11) is 1.67. The Morgan fingerprint density at radius 2 is 2.06 bits per heavy atom. The number of hydrogen-bond donors (Lipinski definition) is 2. The van der Waals surface area contributed by atoms with Crippen molar-refractivity contribution in [1.82, 2.24) is 0 Å². The van der Waals surface area contributed by atoms with Gasteiger partial charge in [0, 0.05) is 18.6 Å². The minimum Gasteiger partial charge on any atom is -0.495 e. The molecule has 0 aliphatic heterocycles. The maximum absolute atomic E-state index is 9.23. The van der Waals surface area contributed by atoms with Gasteiger partial charge in [0.1, 0.15) is 5.75 Å². The summed E-state index contributed by atoms with van der Waals surface area (Å²) < 4.78 is 5.32. The number of ether oxygens (including phenoxy) is 1. The molecule has 96 valence electrons. The summed E-state index contributed by atoms with van der Waals surface area (Å²) in [6, 6.07) is 6.15. The van der Waals surface area contributed by atoms with Gasteiger partial charge in [-0.1, -0.05) is 26.8 Å². The largest absolute Gasteiger partial charge is 0.495 e. The molecule has 3 heteroatoms. The zero-order chi connectivity index (χ0) is 12.9. The summed E-state index contributed by atoms with van der Waals surface area (Å²) in [5, 5.41) is 12.6. The van der Waals surface area contributed by atoms with Gasteiger partial charge in [-0.3, -0.25) is 0 Å². The second-order valence-corrected chi connectivity index (χ2v) is 5.06. The van der Waals surface area contributed by atoms with Gasteiger partial charge in [-0.05, 0) is 24.1 Å². The molecule has 1 rings (SSSR count). The molecule has 17 heavy (non-hydrogen) atoms. The number of rotatable bonds is 6. The molecular formula is C14H23NO2. The Bertz CT molecular complexity index is 361. The van der Waals surface area contributed by atoms with Crippen molar-refractivity contribution in [3.63, 3.8) is 0 Å². The minimum atomic E-state index is -0.132. The smallest absolute Gasteiger partial charge is 0.141 e. The van der Waals surface area contributed by atoms with Crippen molar-refractivity contribution in [2.75, 3.05) is 25.6 Å². The molecule has 0 bridgehead atoms. The molecule has 0 aliphatic carbocycles. The molecule has 0 saturated carbocycles. The molecule has 0 fully saturated rings. The Morgan fingerprint density at radius 3 is 2.59 bits per heavy atom. The van der Waals surface area contributed by atoms with Crippen molar-refractivity contribution in [2.45, 2.75) is 27.2 Å². The molecule has 0 aliphatic rings. The lowest BCUT2D eigenvalue weighted by Gasteiger charge is -2.23. The second-order valence-electron chi connectivity index (χ2n) is 5.06. The van der Waals surface area contributed by atoms with E-state index in [0.29, 0.717) is 6.54 Å². The monoisotopic (exact) mass is 237 g/mol. The molecule has 0 unspecified atom stereocenters. The first-order valence-corrected chi connectivity index (χ1v) is 6.04. The number of anilines is 1. The Labute approximate surface area is 104 Å².